The number of hydrogen-bond donors (Lipinski definition) is 1. The second kappa shape index (κ2) is 9.37. The van der Waals surface area contributed by atoms with Gasteiger partial charge in [-0.3, -0.25) is 9.69 Å². The quantitative estimate of drug-likeness (QED) is 0.573. The second-order valence-electron chi connectivity index (χ2n) is 5.94. The Morgan fingerprint density at radius 2 is 1.67 bits per heavy atom. The first-order valence-electron chi connectivity index (χ1n) is 7.34. The van der Waals surface area contributed by atoms with Crippen LogP contribution in [0.4, 0.5) is 0 Å². The van der Waals surface area contributed by atoms with E-state index in [4.69, 9.17) is 5.11 Å². The number of hydrogen-bond acceptors (Lipinski definition) is 2. The lowest BCUT2D eigenvalue weighted by Gasteiger charge is -2.33. The molecular formula is C15H31NO2. The van der Waals surface area contributed by atoms with Gasteiger partial charge in [-0.1, -0.05) is 52.9 Å². The van der Waals surface area contributed by atoms with Crippen LogP contribution >= 0.6 is 0 Å². The predicted molar refractivity (Wildman–Crippen MR) is 76.9 cm³/mol. The van der Waals surface area contributed by atoms with Crippen LogP contribution in [0.2, 0.25) is 0 Å². The lowest BCUT2D eigenvalue weighted by molar-refractivity contribution is -0.138. The fourth-order valence-electron chi connectivity index (χ4n) is 2.63. The van der Waals surface area contributed by atoms with E-state index in [-0.39, 0.29) is 12.0 Å². The molecule has 0 bridgehead atoms. The number of likely N-dealkylation sites (N-methyl/N-ethyl adjacent to an activating group) is 1. The molecule has 0 amide bonds. The van der Waals surface area contributed by atoms with Crippen LogP contribution in [0.3, 0.4) is 0 Å². The highest BCUT2D eigenvalue weighted by atomic mass is 16.4. The van der Waals surface area contributed by atoms with Crippen molar-refractivity contribution in [3.63, 3.8) is 0 Å². The van der Waals surface area contributed by atoms with Crippen LogP contribution in [0.5, 0.6) is 0 Å². The predicted octanol–water partition coefficient (Wildman–Crippen LogP) is 3.78. The summed E-state index contributed by atoms with van der Waals surface area (Å²) in [4.78, 5) is 12.7. The third kappa shape index (κ3) is 8.51. The van der Waals surface area contributed by atoms with E-state index in [1.807, 2.05) is 11.9 Å². The Kier molecular flexibility index (Phi) is 9.08. The maximum absolute atomic E-state index is 10.7. The minimum atomic E-state index is -0.733. The molecule has 0 saturated carbocycles. The zero-order valence-electron chi connectivity index (χ0n) is 12.7. The summed E-state index contributed by atoms with van der Waals surface area (Å²) >= 11 is 0. The third-order valence-electron chi connectivity index (χ3n) is 3.57. The van der Waals surface area contributed by atoms with Crippen LogP contribution in [0.1, 0.15) is 65.7 Å². The molecule has 0 aromatic heterocycles. The summed E-state index contributed by atoms with van der Waals surface area (Å²) in [5.41, 5.74) is 0.273. The maximum atomic E-state index is 10.7. The Labute approximate surface area is 113 Å². The molecule has 0 fully saturated rings. The highest BCUT2D eigenvalue weighted by Crippen LogP contribution is 2.31. The highest BCUT2D eigenvalue weighted by Gasteiger charge is 2.25. The number of nitrogens with zero attached hydrogens (tertiary/aromatic N) is 1. The molecule has 0 spiro atoms. The topological polar surface area (TPSA) is 40.5 Å². The number of carboxylic acids is 1. The highest BCUT2D eigenvalue weighted by molar-refractivity contribution is 5.69. The van der Waals surface area contributed by atoms with Gasteiger partial charge < -0.3 is 5.11 Å². The average Bonchev–Trinajstić information content (AvgIpc) is 2.25. The van der Waals surface area contributed by atoms with Crippen molar-refractivity contribution in [2.45, 2.75) is 65.7 Å². The van der Waals surface area contributed by atoms with Crippen molar-refractivity contribution in [3.8, 4) is 0 Å². The molecule has 0 aromatic carbocycles. The number of unbranched alkanes of at least 4 members (excludes halogenated alkanes) is 3. The molecule has 0 aromatic rings. The van der Waals surface area contributed by atoms with Gasteiger partial charge in [-0.2, -0.15) is 0 Å². The lowest BCUT2D eigenvalue weighted by Crippen LogP contribution is -2.36. The molecule has 0 rings (SSSR count). The molecule has 0 saturated heterocycles. The first kappa shape index (κ1) is 17.4. The molecule has 1 unspecified atom stereocenters. The zero-order valence-corrected chi connectivity index (χ0v) is 12.7. The molecule has 108 valence electrons. The Balaban J connectivity index is 4.29. The van der Waals surface area contributed by atoms with Crippen LogP contribution in [-0.2, 0) is 4.79 Å². The second-order valence-corrected chi connectivity index (χ2v) is 5.94. The first-order valence-corrected chi connectivity index (χ1v) is 7.34. The van der Waals surface area contributed by atoms with E-state index in [0.717, 1.165) is 6.54 Å². The van der Waals surface area contributed by atoms with E-state index in [1.54, 1.807) is 0 Å². The van der Waals surface area contributed by atoms with E-state index in [2.05, 4.69) is 20.8 Å². The minimum Gasteiger partial charge on any atom is -0.480 e. The molecule has 0 radical (unpaired) electrons. The maximum Gasteiger partial charge on any atom is 0.317 e. The summed E-state index contributed by atoms with van der Waals surface area (Å²) < 4.78 is 0. The smallest absolute Gasteiger partial charge is 0.317 e. The Hall–Kier alpha value is -0.570. The van der Waals surface area contributed by atoms with Gasteiger partial charge in [0.1, 0.15) is 0 Å². The van der Waals surface area contributed by atoms with Crippen molar-refractivity contribution in [1.82, 2.24) is 4.90 Å². The normalized spacial score (nSPS) is 14.7. The first-order chi connectivity index (χ1) is 8.43. The number of carboxylic acid groups (broad SMARTS) is 1. The van der Waals surface area contributed by atoms with E-state index in [1.165, 1.54) is 44.9 Å². The average molecular weight is 257 g/mol. The standard InChI is InChI=1S/C15H31NO2/c1-5-7-9-11-15(3,10-8-6-2)13-16(4)12-14(17)18/h5-13H2,1-4H3,(H,17,18). The molecule has 0 aliphatic heterocycles. The summed E-state index contributed by atoms with van der Waals surface area (Å²) in [7, 11) is 1.91. The number of carbonyl (C=O) groups is 1. The molecule has 1 N–H and O–H groups in total. The molecule has 0 heterocycles. The Morgan fingerprint density at radius 1 is 1.11 bits per heavy atom. The van der Waals surface area contributed by atoms with Gasteiger partial charge in [0, 0.05) is 6.54 Å². The van der Waals surface area contributed by atoms with Crippen molar-refractivity contribution in [2.75, 3.05) is 20.1 Å². The van der Waals surface area contributed by atoms with Gasteiger partial charge in [-0.05, 0) is 25.3 Å². The Bertz CT molecular complexity index is 231. The van der Waals surface area contributed by atoms with Crippen molar-refractivity contribution >= 4 is 5.97 Å². The van der Waals surface area contributed by atoms with E-state index < -0.39 is 5.97 Å². The fourth-order valence-corrected chi connectivity index (χ4v) is 2.63. The summed E-state index contributed by atoms with van der Waals surface area (Å²) in [5.74, 6) is -0.733. The van der Waals surface area contributed by atoms with Gasteiger partial charge >= 0.3 is 5.97 Å². The van der Waals surface area contributed by atoms with Crippen molar-refractivity contribution in [2.24, 2.45) is 5.41 Å². The molecule has 18 heavy (non-hydrogen) atoms. The lowest BCUT2D eigenvalue weighted by atomic mass is 9.79. The Morgan fingerprint density at radius 3 is 2.17 bits per heavy atom. The molecule has 3 heteroatoms. The molecular weight excluding hydrogens is 226 g/mol. The summed E-state index contributed by atoms with van der Waals surface area (Å²) in [6.07, 6.45) is 8.66. The minimum absolute atomic E-state index is 0.148. The SMILES string of the molecule is CCCCCC(C)(CCCC)CN(C)CC(=O)O. The zero-order chi connectivity index (χ0) is 14.0. The molecule has 3 nitrogen and oxygen atoms in total. The number of rotatable bonds is 11. The third-order valence-corrected chi connectivity index (χ3v) is 3.57. The summed E-state index contributed by atoms with van der Waals surface area (Å²) in [6, 6.07) is 0. The van der Waals surface area contributed by atoms with E-state index in [9.17, 15) is 4.79 Å². The fraction of sp³-hybridized carbons (Fsp3) is 0.933. The number of aliphatic carboxylic acids is 1. The summed E-state index contributed by atoms with van der Waals surface area (Å²) in [5, 5.41) is 8.83. The molecule has 1 atom stereocenters. The van der Waals surface area contributed by atoms with Gasteiger partial charge in [0.25, 0.3) is 0 Å². The molecule has 0 aliphatic rings. The van der Waals surface area contributed by atoms with Crippen LogP contribution in [-0.4, -0.2) is 36.1 Å². The van der Waals surface area contributed by atoms with Gasteiger partial charge in [-0.15, -0.1) is 0 Å². The van der Waals surface area contributed by atoms with Gasteiger partial charge in [0.05, 0.1) is 6.54 Å². The van der Waals surface area contributed by atoms with Gasteiger partial charge in [0.2, 0.25) is 0 Å². The van der Waals surface area contributed by atoms with Crippen LogP contribution < -0.4 is 0 Å². The molecule has 0 aliphatic carbocycles. The monoisotopic (exact) mass is 257 g/mol. The van der Waals surface area contributed by atoms with Crippen LogP contribution in [0.25, 0.3) is 0 Å². The van der Waals surface area contributed by atoms with Crippen molar-refractivity contribution in [1.29, 1.82) is 0 Å². The summed E-state index contributed by atoms with van der Waals surface area (Å²) in [6.45, 7) is 7.79. The van der Waals surface area contributed by atoms with Crippen molar-refractivity contribution in [3.05, 3.63) is 0 Å². The van der Waals surface area contributed by atoms with Gasteiger partial charge in [0.15, 0.2) is 0 Å². The van der Waals surface area contributed by atoms with Gasteiger partial charge in [-0.25, -0.2) is 0 Å². The largest absolute Gasteiger partial charge is 0.480 e. The van der Waals surface area contributed by atoms with E-state index >= 15 is 0 Å². The van der Waals surface area contributed by atoms with Crippen LogP contribution in [0.15, 0.2) is 0 Å². The van der Waals surface area contributed by atoms with Crippen LogP contribution in [0, 0.1) is 5.41 Å². The van der Waals surface area contributed by atoms with E-state index in [0.29, 0.717) is 0 Å². The van der Waals surface area contributed by atoms with Crippen molar-refractivity contribution < 1.29 is 9.90 Å².